The molecular formula is C49H46BN2OS. The number of rotatable bonds is 2. The Balaban J connectivity index is 1.23. The van der Waals surface area contributed by atoms with Gasteiger partial charge in [0.15, 0.2) is 7.28 Å². The van der Waals surface area contributed by atoms with Crippen LogP contribution in [0, 0.1) is 13.8 Å². The lowest BCUT2D eigenvalue weighted by Crippen LogP contribution is -2.42. The first-order valence-corrected chi connectivity index (χ1v) is 20.2. The molecule has 1 aliphatic carbocycles. The van der Waals surface area contributed by atoms with Crippen LogP contribution in [0.2, 0.25) is 0 Å². The normalized spacial score (nSPS) is 17.5. The maximum Gasteiger partial charge on any atom is 0.197 e. The molecule has 0 bridgehead atoms. The molecule has 54 heavy (non-hydrogen) atoms. The predicted molar refractivity (Wildman–Crippen MR) is 229 cm³/mol. The summed E-state index contributed by atoms with van der Waals surface area (Å²) in [5.74, 6) is 1.87. The highest BCUT2D eigenvalue weighted by molar-refractivity contribution is 7.99. The maximum absolute atomic E-state index is 6.79. The Bertz CT molecular complexity index is 2580. The number of anilines is 5. The maximum atomic E-state index is 6.79. The summed E-state index contributed by atoms with van der Waals surface area (Å²) in [5, 5.41) is 3.85. The molecule has 6 aromatic rings. The SMILES string of the molecule is Cc1cc(-c2cccc3c2Nc2ccccc2S3)c2c(c1)N(c1cc3c(cc1C)C(C)(C)CCC3(C)C)c1cc3c(cc1[B]2)C(C)(C)c1ccccc1O3. The first kappa shape index (κ1) is 33.7. The van der Waals surface area contributed by atoms with E-state index < -0.39 is 0 Å². The molecule has 10 rings (SSSR count). The van der Waals surface area contributed by atoms with Gasteiger partial charge >= 0.3 is 0 Å². The summed E-state index contributed by atoms with van der Waals surface area (Å²) >= 11 is 1.85. The van der Waals surface area contributed by atoms with Gasteiger partial charge in [-0.15, -0.1) is 0 Å². The van der Waals surface area contributed by atoms with Crippen molar-refractivity contribution in [2.24, 2.45) is 0 Å². The highest BCUT2D eigenvalue weighted by Crippen LogP contribution is 2.53. The Morgan fingerprint density at radius 1 is 0.630 bits per heavy atom. The highest BCUT2D eigenvalue weighted by Gasteiger charge is 2.41. The Hall–Kier alpha value is -4.87. The quantitative estimate of drug-likeness (QED) is 0.180. The van der Waals surface area contributed by atoms with Crippen molar-refractivity contribution in [3.8, 4) is 22.6 Å². The van der Waals surface area contributed by atoms with E-state index in [2.05, 4.69) is 176 Å². The Morgan fingerprint density at radius 3 is 2.17 bits per heavy atom. The van der Waals surface area contributed by atoms with Crippen molar-refractivity contribution in [3.05, 3.63) is 137 Å². The molecule has 0 unspecified atom stereocenters. The minimum Gasteiger partial charge on any atom is -0.457 e. The number of nitrogens with zero attached hydrogens (tertiary/aromatic N) is 1. The van der Waals surface area contributed by atoms with Gasteiger partial charge < -0.3 is 15.0 Å². The molecule has 0 aromatic heterocycles. The van der Waals surface area contributed by atoms with Crippen LogP contribution in [0.3, 0.4) is 0 Å². The Morgan fingerprint density at radius 2 is 1.35 bits per heavy atom. The van der Waals surface area contributed by atoms with E-state index in [4.69, 9.17) is 4.74 Å². The number of ether oxygens (including phenoxy) is 1. The number of aryl methyl sites for hydroxylation is 2. The Kier molecular flexibility index (Phi) is 7.22. The van der Waals surface area contributed by atoms with Gasteiger partial charge in [-0.25, -0.2) is 0 Å². The fraction of sp³-hybridized carbons (Fsp3) is 0.265. The van der Waals surface area contributed by atoms with Crippen molar-refractivity contribution in [3.63, 3.8) is 0 Å². The zero-order valence-corrected chi connectivity index (χ0v) is 33.4. The van der Waals surface area contributed by atoms with Crippen LogP contribution in [0.5, 0.6) is 11.5 Å². The third kappa shape index (κ3) is 4.97. The largest absolute Gasteiger partial charge is 0.457 e. The summed E-state index contributed by atoms with van der Waals surface area (Å²) in [6, 6.07) is 38.4. The number of fused-ring (bicyclic) bond motifs is 7. The van der Waals surface area contributed by atoms with Gasteiger partial charge in [0.1, 0.15) is 11.5 Å². The third-order valence-electron chi connectivity index (χ3n) is 12.8. The molecule has 5 heteroatoms. The molecule has 6 aromatic carbocycles. The third-order valence-corrected chi connectivity index (χ3v) is 13.9. The molecule has 0 saturated heterocycles. The predicted octanol–water partition coefficient (Wildman–Crippen LogP) is 12.4. The summed E-state index contributed by atoms with van der Waals surface area (Å²) in [6.45, 7) is 18.9. The molecule has 1 N–H and O–H groups in total. The fourth-order valence-electron chi connectivity index (χ4n) is 9.52. The number of hydrogen-bond acceptors (Lipinski definition) is 4. The zero-order chi connectivity index (χ0) is 37.3. The molecule has 1 radical (unpaired) electrons. The first-order chi connectivity index (χ1) is 25.8. The van der Waals surface area contributed by atoms with E-state index in [9.17, 15) is 0 Å². The van der Waals surface area contributed by atoms with Crippen LogP contribution in [0.1, 0.15) is 87.8 Å². The van der Waals surface area contributed by atoms with Crippen molar-refractivity contribution in [1.29, 1.82) is 0 Å². The molecule has 267 valence electrons. The molecule has 3 heterocycles. The van der Waals surface area contributed by atoms with Gasteiger partial charge in [-0.1, -0.05) is 119 Å². The first-order valence-electron chi connectivity index (χ1n) is 19.4. The summed E-state index contributed by atoms with van der Waals surface area (Å²) in [7, 11) is 2.44. The summed E-state index contributed by atoms with van der Waals surface area (Å²) in [5.41, 5.74) is 18.7. The fourth-order valence-corrected chi connectivity index (χ4v) is 10.5. The van der Waals surface area contributed by atoms with Gasteiger partial charge in [-0.2, -0.15) is 0 Å². The minimum absolute atomic E-state index is 0.0774. The summed E-state index contributed by atoms with van der Waals surface area (Å²) in [6.07, 6.45) is 2.36. The summed E-state index contributed by atoms with van der Waals surface area (Å²) < 4.78 is 6.79. The van der Waals surface area contributed by atoms with Crippen molar-refractivity contribution in [1.82, 2.24) is 0 Å². The number of hydrogen-bond donors (Lipinski definition) is 1. The average molecular weight is 722 g/mol. The standard InChI is InChI=1S/C49H46BN2OS/c1-28-22-31(30-14-13-19-44-46(30)51-37-16-10-12-18-43(37)54-44)45-40(23-28)52(38-26-34-33(24-29(38)2)47(3,4)20-21-48(34,5)6)39-27-42-35(25-36(39)50-45)49(7,8)32-15-9-11-17-41(32)53-42/h9-19,22-27,51H,20-21H2,1-8H3. The monoisotopic (exact) mass is 721 g/mol. The molecule has 3 aliphatic heterocycles. The van der Waals surface area contributed by atoms with E-state index in [0.717, 1.165) is 22.9 Å². The molecule has 0 atom stereocenters. The smallest absolute Gasteiger partial charge is 0.197 e. The van der Waals surface area contributed by atoms with E-state index in [0.29, 0.717) is 0 Å². The zero-order valence-electron chi connectivity index (χ0n) is 32.6. The van der Waals surface area contributed by atoms with Crippen LogP contribution in [0.15, 0.2) is 113 Å². The second kappa shape index (κ2) is 11.6. The molecule has 0 fully saturated rings. The number of para-hydroxylation sites is 3. The van der Waals surface area contributed by atoms with Crippen LogP contribution < -0.4 is 25.9 Å². The molecule has 0 saturated carbocycles. The van der Waals surface area contributed by atoms with Crippen LogP contribution in [0.4, 0.5) is 28.4 Å². The number of nitrogens with one attached hydrogen (secondary N) is 1. The van der Waals surface area contributed by atoms with Gasteiger partial charge in [0.25, 0.3) is 0 Å². The van der Waals surface area contributed by atoms with E-state index in [-0.39, 0.29) is 16.2 Å². The van der Waals surface area contributed by atoms with Crippen LogP contribution in [-0.2, 0) is 16.2 Å². The van der Waals surface area contributed by atoms with Crippen molar-refractivity contribution in [2.45, 2.75) is 94.3 Å². The van der Waals surface area contributed by atoms with Crippen molar-refractivity contribution in [2.75, 3.05) is 10.2 Å². The van der Waals surface area contributed by atoms with Gasteiger partial charge in [-0.05, 0) is 107 Å². The lowest BCUT2D eigenvalue weighted by Gasteiger charge is -2.44. The lowest BCUT2D eigenvalue weighted by molar-refractivity contribution is 0.332. The van der Waals surface area contributed by atoms with Gasteiger partial charge in [0.05, 0.1) is 11.4 Å². The second-order valence-electron chi connectivity index (χ2n) is 17.7. The molecular weight excluding hydrogens is 675 g/mol. The molecule has 0 spiro atoms. The van der Waals surface area contributed by atoms with Crippen LogP contribution in [0.25, 0.3) is 11.1 Å². The van der Waals surface area contributed by atoms with Crippen molar-refractivity contribution < 1.29 is 4.74 Å². The van der Waals surface area contributed by atoms with Gasteiger partial charge in [0.2, 0.25) is 0 Å². The molecule has 0 amide bonds. The second-order valence-corrected chi connectivity index (χ2v) is 18.8. The highest BCUT2D eigenvalue weighted by atomic mass is 32.2. The van der Waals surface area contributed by atoms with Crippen LogP contribution >= 0.6 is 11.8 Å². The topological polar surface area (TPSA) is 24.5 Å². The van der Waals surface area contributed by atoms with Gasteiger partial charge in [-0.3, -0.25) is 0 Å². The van der Waals surface area contributed by atoms with Crippen LogP contribution in [-0.4, -0.2) is 7.28 Å². The minimum atomic E-state index is -0.224. The van der Waals surface area contributed by atoms with E-state index in [1.807, 2.05) is 11.8 Å². The lowest BCUT2D eigenvalue weighted by atomic mass is 9.57. The summed E-state index contributed by atoms with van der Waals surface area (Å²) in [4.78, 5) is 5.06. The number of benzene rings is 6. The molecule has 4 aliphatic rings. The van der Waals surface area contributed by atoms with Crippen molar-refractivity contribution >= 4 is 58.4 Å². The van der Waals surface area contributed by atoms with E-state index >= 15 is 0 Å². The van der Waals surface area contributed by atoms with Gasteiger partial charge in [0, 0.05) is 55.0 Å². The van der Waals surface area contributed by atoms with E-state index in [1.54, 1.807) is 0 Å². The average Bonchev–Trinajstić information content (AvgIpc) is 3.14. The molecule has 3 nitrogen and oxygen atoms in total. The Labute approximate surface area is 325 Å². The van der Waals surface area contributed by atoms with E-state index in [1.165, 1.54) is 95.1 Å².